The third-order valence-corrected chi connectivity index (χ3v) is 4.39. The average Bonchev–Trinajstić information content (AvgIpc) is 2.82. The second-order valence-corrected chi connectivity index (χ2v) is 5.92. The first kappa shape index (κ1) is 17.1. The molecule has 3 unspecified atom stereocenters. The lowest BCUT2D eigenvalue weighted by Crippen LogP contribution is -2.46. The number of carbonyl (C=O) groups is 2. The predicted octanol–water partition coefficient (Wildman–Crippen LogP) is 2.20. The summed E-state index contributed by atoms with van der Waals surface area (Å²) in [4.78, 5) is 25.0. The van der Waals surface area contributed by atoms with Crippen molar-refractivity contribution in [2.24, 2.45) is 5.92 Å². The normalized spacial score (nSPS) is 28.5. The molecular formula is C14H20F3NO4. The maximum atomic E-state index is 12.2. The fourth-order valence-electron chi connectivity index (χ4n) is 3.52. The topological polar surface area (TPSA) is 66.8 Å². The van der Waals surface area contributed by atoms with Gasteiger partial charge < -0.3 is 14.7 Å². The number of hydrogen-bond acceptors (Lipinski definition) is 3. The molecule has 5 nitrogen and oxygen atoms in total. The van der Waals surface area contributed by atoms with Gasteiger partial charge in [0.25, 0.3) is 0 Å². The molecule has 0 aromatic rings. The molecule has 0 bridgehead atoms. The van der Waals surface area contributed by atoms with Crippen LogP contribution in [0.5, 0.6) is 0 Å². The molecule has 3 atom stereocenters. The maximum absolute atomic E-state index is 12.2. The third kappa shape index (κ3) is 4.12. The molecule has 1 N–H and O–H groups in total. The van der Waals surface area contributed by atoms with Gasteiger partial charge in [0.2, 0.25) is 5.91 Å². The van der Waals surface area contributed by atoms with E-state index in [2.05, 4.69) is 4.74 Å². The molecule has 126 valence electrons. The molecule has 1 saturated carbocycles. The van der Waals surface area contributed by atoms with Crippen LogP contribution in [0.15, 0.2) is 0 Å². The highest BCUT2D eigenvalue weighted by molar-refractivity contribution is 5.84. The average molecular weight is 323 g/mol. The van der Waals surface area contributed by atoms with Gasteiger partial charge in [0.05, 0.1) is 13.0 Å². The van der Waals surface area contributed by atoms with Crippen molar-refractivity contribution in [3.05, 3.63) is 0 Å². The number of aliphatic carboxylic acids is 1. The van der Waals surface area contributed by atoms with Gasteiger partial charge >= 0.3 is 12.1 Å². The Hall–Kier alpha value is -1.31. The summed E-state index contributed by atoms with van der Waals surface area (Å²) < 4.78 is 40.4. The van der Waals surface area contributed by atoms with Crippen LogP contribution in [0.1, 0.15) is 38.5 Å². The van der Waals surface area contributed by atoms with Crippen molar-refractivity contribution in [2.75, 3.05) is 13.2 Å². The largest absolute Gasteiger partial charge is 0.480 e. The van der Waals surface area contributed by atoms with E-state index in [9.17, 15) is 27.9 Å². The zero-order valence-corrected chi connectivity index (χ0v) is 12.1. The van der Waals surface area contributed by atoms with Crippen LogP contribution >= 0.6 is 0 Å². The van der Waals surface area contributed by atoms with Crippen LogP contribution in [0.25, 0.3) is 0 Å². The van der Waals surface area contributed by atoms with Gasteiger partial charge in [0.15, 0.2) is 0 Å². The number of alkyl halides is 3. The number of carbonyl (C=O) groups excluding carboxylic acids is 1. The number of ether oxygens (including phenoxy) is 1. The monoisotopic (exact) mass is 323 g/mol. The van der Waals surface area contributed by atoms with E-state index in [1.54, 1.807) is 0 Å². The Bertz CT molecular complexity index is 427. The minimum Gasteiger partial charge on any atom is -0.480 e. The lowest BCUT2D eigenvalue weighted by molar-refractivity contribution is -0.175. The minimum absolute atomic E-state index is 0.0926. The smallest absolute Gasteiger partial charge is 0.411 e. The first-order valence-electron chi connectivity index (χ1n) is 7.48. The molecule has 0 spiro atoms. The summed E-state index contributed by atoms with van der Waals surface area (Å²) in [5, 5.41) is 9.28. The summed E-state index contributed by atoms with van der Waals surface area (Å²) in [7, 11) is 0. The van der Waals surface area contributed by atoms with Crippen molar-refractivity contribution >= 4 is 11.9 Å². The number of amides is 1. The summed E-state index contributed by atoms with van der Waals surface area (Å²) in [5.74, 6) is -1.28. The summed E-state index contributed by atoms with van der Waals surface area (Å²) >= 11 is 0. The van der Waals surface area contributed by atoms with E-state index in [-0.39, 0.29) is 25.0 Å². The number of carboxylic acids is 1. The van der Waals surface area contributed by atoms with Crippen molar-refractivity contribution in [1.82, 2.24) is 4.90 Å². The molecular weight excluding hydrogens is 303 g/mol. The fraction of sp³-hybridized carbons (Fsp3) is 0.857. The van der Waals surface area contributed by atoms with Gasteiger partial charge in [-0.1, -0.05) is 12.8 Å². The van der Waals surface area contributed by atoms with Crippen LogP contribution in [0, 0.1) is 5.92 Å². The van der Waals surface area contributed by atoms with Gasteiger partial charge in [-0.15, -0.1) is 0 Å². The Morgan fingerprint density at radius 1 is 1.23 bits per heavy atom. The quantitative estimate of drug-likeness (QED) is 0.788. The zero-order chi connectivity index (χ0) is 16.3. The summed E-state index contributed by atoms with van der Waals surface area (Å²) in [5.41, 5.74) is 0. The lowest BCUT2D eigenvalue weighted by Gasteiger charge is -2.33. The number of hydrogen-bond donors (Lipinski definition) is 1. The predicted molar refractivity (Wildman–Crippen MR) is 70.1 cm³/mol. The Balaban J connectivity index is 1.92. The maximum Gasteiger partial charge on any atom is 0.411 e. The first-order valence-corrected chi connectivity index (χ1v) is 7.48. The molecule has 8 heteroatoms. The van der Waals surface area contributed by atoms with Crippen LogP contribution in [0.4, 0.5) is 13.2 Å². The van der Waals surface area contributed by atoms with E-state index in [1.165, 1.54) is 4.90 Å². The van der Waals surface area contributed by atoms with Gasteiger partial charge in [0.1, 0.15) is 12.6 Å². The highest BCUT2D eigenvalue weighted by Crippen LogP contribution is 2.40. The molecule has 0 radical (unpaired) electrons. The number of rotatable bonds is 5. The lowest BCUT2D eigenvalue weighted by atomic mass is 9.84. The Morgan fingerprint density at radius 3 is 2.55 bits per heavy atom. The van der Waals surface area contributed by atoms with E-state index in [1.807, 2.05) is 0 Å². The van der Waals surface area contributed by atoms with Crippen molar-refractivity contribution < 1.29 is 32.6 Å². The second-order valence-electron chi connectivity index (χ2n) is 5.92. The van der Waals surface area contributed by atoms with E-state index < -0.39 is 30.7 Å². The van der Waals surface area contributed by atoms with E-state index >= 15 is 0 Å². The molecule has 1 saturated heterocycles. The molecule has 1 aliphatic carbocycles. The summed E-state index contributed by atoms with van der Waals surface area (Å²) in [6.45, 7) is -1.74. The van der Waals surface area contributed by atoms with E-state index in [0.717, 1.165) is 25.7 Å². The van der Waals surface area contributed by atoms with Crippen LogP contribution in [0.3, 0.4) is 0 Å². The minimum atomic E-state index is -4.42. The zero-order valence-electron chi connectivity index (χ0n) is 12.1. The second kappa shape index (κ2) is 6.85. The number of fused-ring (bicyclic) bond motifs is 1. The summed E-state index contributed by atoms with van der Waals surface area (Å²) in [6.07, 6.45) is -0.550. The number of carboxylic acid groups (broad SMARTS) is 1. The number of nitrogens with zero attached hydrogens (tertiary/aromatic N) is 1. The number of halogens is 3. The van der Waals surface area contributed by atoms with E-state index in [4.69, 9.17) is 0 Å². The standard InChI is InChI=1S/C14H20F3NO4/c15-14(16,17)8-22-6-5-12(19)18-10-4-2-1-3-9(10)7-11(18)13(20)21/h9-11H,1-8H2,(H,20,21). The van der Waals surface area contributed by atoms with E-state index in [0.29, 0.717) is 6.42 Å². The Kier molecular flexibility index (Phi) is 5.31. The van der Waals surface area contributed by atoms with Crippen molar-refractivity contribution in [2.45, 2.75) is 56.8 Å². The Morgan fingerprint density at radius 2 is 1.91 bits per heavy atom. The van der Waals surface area contributed by atoms with Crippen LogP contribution in [-0.4, -0.2) is 53.4 Å². The SMILES string of the molecule is O=C(O)C1CC2CCCCC2N1C(=O)CCOCC(F)(F)F. The molecule has 2 fully saturated rings. The van der Waals surface area contributed by atoms with Crippen molar-refractivity contribution in [1.29, 1.82) is 0 Å². The highest BCUT2D eigenvalue weighted by Gasteiger charge is 2.47. The molecule has 0 aromatic heterocycles. The van der Waals surface area contributed by atoms with Gasteiger partial charge in [-0.25, -0.2) is 4.79 Å². The molecule has 2 rings (SSSR count). The highest BCUT2D eigenvalue weighted by atomic mass is 19.4. The van der Waals surface area contributed by atoms with Crippen molar-refractivity contribution in [3.63, 3.8) is 0 Å². The molecule has 22 heavy (non-hydrogen) atoms. The first-order chi connectivity index (χ1) is 10.3. The Labute approximate surface area is 126 Å². The fourth-order valence-corrected chi connectivity index (χ4v) is 3.52. The molecule has 1 aliphatic heterocycles. The summed E-state index contributed by atoms with van der Waals surface area (Å²) in [6, 6.07) is -0.951. The molecule has 0 aromatic carbocycles. The van der Waals surface area contributed by atoms with Crippen LogP contribution in [-0.2, 0) is 14.3 Å². The van der Waals surface area contributed by atoms with Crippen LogP contribution < -0.4 is 0 Å². The molecule has 1 heterocycles. The van der Waals surface area contributed by atoms with Gasteiger partial charge in [-0.3, -0.25) is 4.79 Å². The van der Waals surface area contributed by atoms with Gasteiger partial charge in [-0.05, 0) is 25.2 Å². The third-order valence-electron chi connectivity index (χ3n) is 4.39. The molecule has 1 amide bonds. The van der Waals surface area contributed by atoms with Gasteiger partial charge in [0, 0.05) is 6.04 Å². The number of likely N-dealkylation sites (tertiary alicyclic amines) is 1. The van der Waals surface area contributed by atoms with Gasteiger partial charge in [-0.2, -0.15) is 13.2 Å². The van der Waals surface area contributed by atoms with Crippen LogP contribution in [0.2, 0.25) is 0 Å². The molecule has 2 aliphatic rings. The van der Waals surface area contributed by atoms with Crippen molar-refractivity contribution in [3.8, 4) is 0 Å².